The van der Waals surface area contributed by atoms with Gasteiger partial charge in [-0.05, 0) is 12.1 Å². The van der Waals surface area contributed by atoms with E-state index in [0.29, 0.717) is 5.82 Å². The van der Waals surface area contributed by atoms with Crippen LogP contribution in [0.2, 0.25) is 0 Å². The van der Waals surface area contributed by atoms with Crippen molar-refractivity contribution in [3.63, 3.8) is 0 Å². The lowest BCUT2D eigenvalue weighted by Gasteiger charge is -2.02. The Morgan fingerprint density at radius 1 is 1.41 bits per heavy atom. The van der Waals surface area contributed by atoms with Gasteiger partial charge in [0.2, 0.25) is 0 Å². The first-order chi connectivity index (χ1) is 8.09. The zero-order valence-corrected chi connectivity index (χ0v) is 9.02. The number of aryl methyl sites for hydroxylation is 1. The lowest BCUT2D eigenvalue weighted by molar-refractivity contribution is 0.0984. The van der Waals surface area contributed by atoms with Crippen LogP contribution in [0, 0.1) is 11.6 Å². The van der Waals surface area contributed by atoms with E-state index in [9.17, 15) is 13.6 Å². The van der Waals surface area contributed by atoms with Crippen molar-refractivity contribution in [1.82, 2.24) is 14.8 Å². The van der Waals surface area contributed by atoms with Crippen LogP contribution in [0.25, 0.3) is 0 Å². The third-order valence-electron chi connectivity index (χ3n) is 2.38. The van der Waals surface area contributed by atoms with Gasteiger partial charge < -0.3 is 0 Å². The average molecular weight is 237 g/mol. The molecule has 0 aliphatic heterocycles. The van der Waals surface area contributed by atoms with Crippen LogP contribution in [-0.4, -0.2) is 20.5 Å². The second kappa shape index (κ2) is 4.40. The second-order valence-corrected chi connectivity index (χ2v) is 3.50. The highest BCUT2D eigenvalue weighted by atomic mass is 19.2. The number of halogens is 2. The number of benzene rings is 1. The number of aromatic nitrogens is 3. The zero-order chi connectivity index (χ0) is 12.4. The molecule has 0 aliphatic rings. The number of Topliss-reactive ketones (excluding diaryl/α,β-unsaturated/α-hetero) is 1. The van der Waals surface area contributed by atoms with Crippen LogP contribution >= 0.6 is 0 Å². The van der Waals surface area contributed by atoms with E-state index < -0.39 is 17.4 Å². The molecule has 88 valence electrons. The van der Waals surface area contributed by atoms with Gasteiger partial charge in [0, 0.05) is 7.05 Å². The molecule has 0 amide bonds. The number of ketones is 1. The molecule has 0 bridgehead atoms. The molecule has 0 atom stereocenters. The maximum atomic E-state index is 13.3. The van der Waals surface area contributed by atoms with Crippen molar-refractivity contribution in [3.05, 3.63) is 47.5 Å². The normalized spacial score (nSPS) is 10.5. The monoisotopic (exact) mass is 237 g/mol. The van der Waals surface area contributed by atoms with E-state index in [1.165, 1.54) is 23.1 Å². The lowest BCUT2D eigenvalue weighted by Crippen LogP contribution is -2.11. The van der Waals surface area contributed by atoms with Crippen molar-refractivity contribution in [1.29, 1.82) is 0 Å². The van der Waals surface area contributed by atoms with Crippen LogP contribution in [0.5, 0.6) is 0 Å². The van der Waals surface area contributed by atoms with E-state index in [1.807, 2.05) is 0 Å². The summed E-state index contributed by atoms with van der Waals surface area (Å²) in [4.78, 5) is 15.6. The standard InChI is InChI=1S/C11H9F2N3O/c1-16-10(14-6-15-16)5-9(17)7-3-2-4-8(12)11(7)13/h2-4,6H,5H2,1H3. The minimum Gasteiger partial charge on any atom is -0.294 e. The predicted molar refractivity (Wildman–Crippen MR) is 55.4 cm³/mol. The summed E-state index contributed by atoms with van der Waals surface area (Å²) in [5.74, 6) is -2.29. The highest BCUT2D eigenvalue weighted by molar-refractivity contribution is 5.97. The average Bonchev–Trinajstić information content (AvgIpc) is 2.68. The Kier molecular flexibility index (Phi) is 2.95. The molecule has 2 rings (SSSR count). The summed E-state index contributed by atoms with van der Waals surface area (Å²) in [7, 11) is 1.62. The Bertz CT molecular complexity index is 566. The highest BCUT2D eigenvalue weighted by Gasteiger charge is 2.17. The van der Waals surface area contributed by atoms with Gasteiger partial charge in [-0.3, -0.25) is 9.48 Å². The van der Waals surface area contributed by atoms with Gasteiger partial charge in [-0.15, -0.1) is 0 Å². The lowest BCUT2D eigenvalue weighted by atomic mass is 10.1. The Labute approximate surface area is 95.9 Å². The van der Waals surface area contributed by atoms with Crippen molar-refractivity contribution in [2.24, 2.45) is 7.05 Å². The van der Waals surface area contributed by atoms with Crippen LogP contribution in [-0.2, 0) is 13.5 Å². The molecule has 1 heterocycles. The molecular weight excluding hydrogens is 228 g/mol. The molecule has 0 saturated carbocycles. The largest absolute Gasteiger partial charge is 0.294 e. The molecule has 0 aliphatic carbocycles. The summed E-state index contributed by atoms with van der Waals surface area (Å²) < 4.78 is 27.7. The Morgan fingerprint density at radius 2 is 2.18 bits per heavy atom. The van der Waals surface area contributed by atoms with E-state index in [4.69, 9.17) is 0 Å². The van der Waals surface area contributed by atoms with E-state index in [-0.39, 0.29) is 12.0 Å². The van der Waals surface area contributed by atoms with Gasteiger partial charge in [0.15, 0.2) is 17.4 Å². The summed E-state index contributed by atoms with van der Waals surface area (Å²) in [5.41, 5.74) is -0.270. The first-order valence-electron chi connectivity index (χ1n) is 4.89. The van der Waals surface area contributed by atoms with Crippen molar-refractivity contribution < 1.29 is 13.6 Å². The first kappa shape index (κ1) is 11.4. The Morgan fingerprint density at radius 3 is 2.82 bits per heavy atom. The van der Waals surface area contributed by atoms with Gasteiger partial charge in [-0.25, -0.2) is 13.8 Å². The summed E-state index contributed by atoms with van der Waals surface area (Å²) in [6.07, 6.45) is 1.18. The fraction of sp³-hybridized carbons (Fsp3) is 0.182. The summed E-state index contributed by atoms with van der Waals surface area (Å²) in [5, 5.41) is 3.79. The fourth-order valence-corrected chi connectivity index (χ4v) is 1.44. The molecule has 1 aromatic heterocycles. The van der Waals surface area contributed by atoms with Gasteiger partial charge in [-0.1, -0.05) is 6.07 Å². The molecule has 1 aromatic carbocycles. The SMILES string of the molecule is Cn1ncnc1CC(=O)c1cccc(F)c1F. The number of hydrogen-bond acceptors (Lipinski definition) is 3. The summed E-state index contributed by atoms with van der Waals surface area (Å²) in [6.45, 7) is 0. The van der Waals surface area contributed by atoms with Crippen molar-refractivity contribution >= 4 is 5.78 Å². The van der Waals surface area contributed by atoms with Gasteiger partial charge >= 0.3 is 0 Å². The Hall–Kier alpha value is -2.11. The van der Waals surface area contributed by atoms with Gasteiger partial charge in [0.05, 0.1) is 12.0 Å². The van der Waals surface area contributed by atoms with E-state index in [0.717, 1.165) is 6.07 Å². The molecule has 0 fully saturated rings. The maximum absolute atomic E-state index is 13.3. The van der Waals surface area contributed by atoms with Crippen LogP contribution in [0.3, 0.4) is 0 Å². The molecule has 17 heavy (non-hydrogen) atoms. The topological polar surface area (TPSA) is 47.8 Å². The highest BCUT2D eigenvalue weighted by Crippen LogP contribution is 2.13. The molecule has 0 radical (unpaired) electrons. The predicted octanol–water partition coefficient (Wildman–Crippen LogP) is 1.52. The molecule has 0 N–H and O–H groups in total. The van der Waals surface area contributed by atoms with Crippen molar-refractivity contribution in [3.8, 4) is 0 Å². The van der Waals surface area contributed by atoms with Crippen LogP contribution in [0.4, 0.5) is 8.78 Å². The van der Waals surface area contributed by atoms with Crippen molar-refractivity contribution in [2.75, 3.05) is 0 Å². The summed E-state index contributed by atoms with van der Waals surface area (Å²) >= 11 is 0. The zero-order valence-electron chi connectivity index (χ0n) is 9.02. The van der Waals surface area contributed by atoms with Crippen molar-refractivity contribution in [2.45, 2.75) is 6.42 Å². The van der Waals surface area contributed by atoms with Crippen LogP contribution < -0.4 is 0 Å². The minimum atomic E-state index is -1.13. The van der Waals surface area contributed by atoms with Crippen LogP contribution in [0.1, 0.15) is 16.2 Å². The molecule has 0 unspecified atom stereocenters. The summed E-state index contributed by atoms with van der Waals surface area (Å²) in [6, 6.07) is 3.51. The van der Waals surface area contributed by atoms with E-state index >= 15 is 0 Å². The third-order valence-corrected chi connectivity index (χ3v) is 2.38. The second-order valence-electron chi connectivity index (χ2n) is 3.50. The Balaban J connectivity index is 2.27. The molecule has 6 heteroatoms. The third kappa shape index (κ3) is 2.20. The van der Waals surface area contributed by atoms with E-state index in [1.54, 1.807) is 7.05 Å². The fourth-order valence-electron chi connectivity index (χ4n) is 1.44. The van der Waals surface area contributed by atoms with Crippen LogP contribution in [0.15, 0.2) is 24.5 Å². The smallest absolute Gasteiger partial charge is 0.173 e. The molecule has 0 spiro atoms. The first-order valence-corrected chi connectivity index (χ1v) is 4.89. The number of carbonyl (C=O) groups excluding carboxylic acids is 1. The van der Waals surface area contributed by atoms with Gasteiger partial charge in [-0.2, -0.15) is 5.10 Å². The molecule has 2 aromatic rings. The molecule has 0 saturated heterocycles. The number of rotatable bonds is 3. The quantitative estimate of drug-likeness (QED) is 0.760. The number of carbonyl (C=O) groups is 1. The minimum absolute atomic E-state index is 0.114. The molecular formula is C11H9F2N3O. The van der Waals surface area contributed by atoms with E-state index in [2.05, 4.69) is 10.1 Å². The number of nitrogens with zero attached hydrogens (tertiary/aromatic N) is 3. The molecule has 4 nitrogen and oxygen atoms in total. The number of hydrogen-bond donors (Lipinski definition) is 0. The maximum Gasteiger partial charge on any atom is 0.173 e. The van der Waals surface area contributed by atoms with Gasteiger partial charge in [0.1, 0.15) is 12.2 Å². The van der Waals surface area contributed by atoms with Gasteiger partial charge in [0.25, 0.3) is 0 Å².